The van der Waals surface area contributed by atoms with Crippen molar-refractivity contribution in [3.63, 3.8) is 0 Å². The molecule has 4 atom stereocenters. The largest absolute Gasteiger partial charge is 0.508 e. The van der Waals surface area contributed by atoms with Crippen molar-refractivity contribution in [1.29, 1.82) is 0 Å². The molecule has 1 aliphatic heterocycles. The van der Waals surface area contributed by atoms with Crippen molar-refractivity contribution in [3.8, 4) is 5.75 Å². The van der Waals surface area contributed by atoms with Crippen molar-refractivity contribution in [1.82, 2.24) is 26.6 Å². The number of carbonyl (C=O) groups is 6. The van der Waals surface area contributed by atoms with Gasteiger partial charge in [-0.3, -0.25) is 29.0 Å². The highest BCUT2D eigenvalue weighted by molar-refractivity contribution is 5.97. The van der Waals surface area contributed by atoms with E-state index in [0.29, 0.717) is 11.1 Å². The SMILES string of the molecule is NC(N)=NCCC[C@@H]1NC(=O)CNC(=O)C[C@@H](C(=O)O)NC(=O)[C@@H](c2ccccc2)NC(=O)[C@@H](Cc2ccc(O)cc2)NC1=O. The quantitative estimate of drug-likeness (QED) is 0.0877. The molecule has 0 aromatic heterocycles. The highest BCUT2D eigenvalue weighted by Gasteiger charge is 2.33. The Bertz CT molecular complexity index is 1410. The highest BCUT2D eigenvalue weighted by atomic mass is 16.4. The third-order valence-corrected chi connectivity index (χ3v) is 6.74. The molecule has 0 saturated carbocycles. The van der Waals surface area contributed by atoms with Crippen LogP contribution in [0, 0.1) is 0 Å². The van der Waals surface area contributed by atoms with Crippen molar-refractivity contribution < 1.29 is 39.0 Å². The van der Waals surface area contributed by atoms with Crippen LogP contribution in [-0.4, -0.2) is 82.9 Å². The Kier molecular flexibility index (Phi) is 12.2. The summed E-state index contributed by atoms with van der Waals surface area (Å²) in [4.78, 5) is 81.7. The molecule has 240 valence electrons. The van der Waals surface area contributed by atoms with E-state index in [4.69, 9.17) is 11.5 Å². The first-order chi connectivity index (χ1) is 21.4. The maximum atomic E-state index is 13.8. The fraction of sp³-hybridized carbons (Fsp3) is 0.345. The van der Waals surface area contributed by atoms with Gasteiger partial charge in [0.15, 0.2) is 5.96 Å². The third-order valence-electron chi connectivity index (χ3n) is 6.74. The number of aromatic hydroxyl groups is 1. The molecule has 16 nitrogen and oxygen atoms in total. The molecule has 11 N–H and O–H groups in total. The number of nitrogens with one attached hydrogen (secondary N) is 5. The summed E-state index contributed by atoms with van der Waals surface area (Å²) in [6, 6.07) is 8.30. The fourth-order valence-corrected chi connectivity index (χ4v) is 4.45. The molecule has 2 aromatic rings. The number of carbonyl (C=O) groups excluding carboxylic acids is 5. The second-order valence-corrected chi connectivity index (χ2v) is 10.2. The van der Waals surface area contributed by atoms with E-state index in [0.717, 1.165) is 0 Å². The molecule has 1 fully saturated rings. The van der Waals surface area contributed by atoms with Crippen LogP contribution < -0.4 is 38.1 Å². The van der Waals surface area contributed by atoms with Crippen LogP contribution in [0.5, 0.6) is 5.75 Å². The second kappa shape index (κ2) is 16.3. The zero-order valence-corrected chi connectivity index (χ0v) is 24.2. The fourth-order valence-electron chi connectivity index (χ4n) is 4.45. The lowest BCUT2D eigenvalue weighted by Crippen LogP contribution is -2.57. The van der Waals surface area contributed by atoms with Gasteiger partial charge in [-0.25, -0.2) is 4.79 Å². The molecule has 0 aliphatic carbocycles. The number of rotatable bonds is 8. The molecular formula is C29H36N8O8. The van der Waals surface area contributed by atoms with Crippen molar-refractivity contribution in [2.45, 2.75) is 49.9 Å². The molecule has 0 bridgehead atoms. The topological polar surface area (TPSA) is 267 Å². The Balaban J connectivity index is 2.00. The summed E-state index contributed by atoms with van der Waals surface area (Å²) in [5.41, 5.74) is 11.6. The maximum absolute atomic E-state index is 13.8. The standard InChI is InChI=1S/C29H36N8O8/c30-29(31)32-12-4-7-19-25(41)35-20(13-16-8-10-18(38)11-9-16)26(42)37-24(17-5-2-1-3-6-17)27(43)36-21(28(44)45)14-22(39)33-15-23(40)34-19/h1-3,5-6,8-11,19-21,24,38H,4,7,12-15H2,(H,33,39)(H,34,40)(H,35,41)(H,36,43)(H,37,42)(H,44,45)(H4,30,31,32)/t19-,20+,21-,24+/m0/s1. The second-order valence-electron chi connectivity index (χ2n) is 10.2. The molecule has 45 heavy (non-hydrogen) atoms. The van der Waals surface area contributed by atoms with Gasteiger partial charge in [-0.15, -0.1) is 0 Å². The maximum Gasteiger partial charge on any atom is 0.326 e. The number of amides is 5. The lowest BCUT2D eigenvalue weighted by Gasteiger charge is -2.27. The van der Waals surface area contributed by atoms with E-state index in [1.165, 1.54) is 12.1 Å². The summed E-state index contributed by atoms with van der Waals surface area (Å²) in [7, 11) is 0. The van der Waals surface area contributed by atoms with Crippen molar-refractivity contribution in [3.05, 3.63) is 65.7 Å². The minimum Gasteiger partial charge on any atom is -0.508 e. The normalized spacial score (nSPS) is 21.7. The van der Waals surface area contributed by atoms with E-state index < -0.39 is 72.6 Å². The van der Waals surface area contributed by atoms with Crippen LogP contribution in [0.25, 0.3) is 0 Å². The Morgan fingerprint density at radius 3 is 2.13 bits per heavy atom. The number of aliphatic carboxylic acids is 1. The van der Waals surface area contributed by atoms with Gasteiger partial charge in [0.05, 0.1) is 13.0 Å². The number of guanidine groups is 1. The first-order valence-corrected chi connectivity index (χ1v) is 14.0. The number of benzene rings is 2. The first kappa shape index (κ1) is 33.8. The van der Waals surface area contributed by atoms with Crippen LogP contribution in [0.4, 0.5) is 0 Å². The van der Waals surface area contributed by atoms with E-state index in [9.17, 15) is 39.0 Å². The average Bonchev–Trinajstić information content (AvgIpc) is 3.00. The van der Waals surface area contributed by atoms with Gasteiger partial charge in [0.25, 0.3) is 0 Å². The van der Waals surface area contributed by atoms with Crippen LogP contribution in [0.15, 0.2) is 59.6 Å². The summed E-state index contributed by atoms with van der Waals surface area (Å²) >= 11 is 0. The van der Waals surface area contributed by atoms with E-state index in [-0.39, 0.29) is 37.5 Å². The summed E-state index contributed by atoms with van der Waals surface area (Å²) in [5, 5.41) is 31.7. The Morgan fingerprint density at radius 1 is 0.822 bits per heavy atom. The lowest BCUT2D eigenvalue weighted by atomic mass is 10.0. The number of aliphatic imine (C=N–C) groups is 1. The molecule has 2 aromatic carbocycles. The van der Waals surface area contributed by atoms with Crippen LogP contribution in [0.1, 0.15) is 36.4 Å². The van der Waals surface area contributed by atoms with Gasteiger partial charge < -0.3 is 48.3 Å². The Hall–Kier alpha value is -5.67. The van der Waals surface area contributed by atoms with E-state index in [1.807, 2.05) is 0 Å². The van der Waals surface area contributed by atoms with Gasteiger partial charge in [0, 0.05) is 13.0 Å². The minimum atomic E-state index is -1.69. The van der Waals surface area contributed by atoms with Crippen molar-refractivity contribution >= 4 is 41.5 Å². The van der Waals surface area contributed by atoms with Gasteiger partial charge in [-0.05, 0) is 36.1 Å². The third kappa shape index (κ3) is 10.8. The van der Waals surface area contributed by atoms with E-state index >= 15 is 0 Å². The number of carboxylic acids is 1. The van der Waals surface area contributed by atoms with Crippen LogP contribution in [0.3, 0.4) is 0 Å². The predicted molar refractivity (Wildman–Crippen MR) is 160 cm³/mol. The molecule has 0 radical (unpaired) electrons. The minimum absolute atomic E-state index is 0.0188. The van der Waals surface area contributed by atoms with Gasteiger partial charge in [-0.1, -0.05) is 42.5 Å². The zero-order chi connectivity index (χ0) is 32.9. The van der Waals surface area contributed by atoms with E-state index in [1.54, 1.807) is 42.5 Å². The average molecular weight is 625 g/mol. The number of hydrogen-bond donors (Lipinski definition) is 9. The molecule has 5 amide bonds. The Morgan fingerprint density at radius 2 is 1.49 bits per heavy atom. The molecule has 1 heterocycles. The van der Waals surface area contributed by atoms with Crippen molar-refractivity contribution in [2.24, 2.45) is 16.5 Å². The van der Waals surface area contributed by atoms with E-state index in [2.05, 4.69) is 31.6 Å². The zero-order valence-electron chi connectivity index (χ0n) is 24.2. The summed E-state index contributed by atoms with van der Waals surface area (Å²) < 4.78 is 0. The van der Waals surface area contributed by atoms with Crippen LogP contribution in [0.2, 0.25) is 0 Å². The molecule has 1 saturated heterocycles. The number of nitrogens with two attached hydrogens (primary N) is 2. The molecular weight excluding hydrogens is 588 g/mol. The van der Waals surface area contributed by atoms with Crippen molar-refractivity contribution in [2.75, 3.05) is 13.1 Å². The lowest BCUT2D eigenvalue weighted by molar-refractivity contribution is -0.144. The van der Waals surface area contributed by atoms with Gasteiger partial charge in [0.1, 0.15) is 29.9 Å². The molecule has 1 aliphatic rings. The molecule has 0 spiro atoms. The number of phenols is 1. The predicted octanol–water partition coefficient (Wildman–Crippen LogP) is -2.10. The number of carboxylic acid groups (broad SMARTS) is 1. The first-order valence-electron chi connectivity index (χ1n) is 14.0. The summed E-state index contributed by atoms with van der Waals surface area (Å²) in [6.07, 6.45) is -0.487. The summed E-state index contributed by atoms with van der Waals surface area (Å²) in [6.45, 7) is -0.457. The van der Waals surface area contributed by atoms with Crippen LogP contribution >= 0.6 is 0 Å². The highest BCUT2D eigenvalue weighted by Crippen LogP contribution is 2.16. The van der Waals surface area contributed by atoms with Gasteiger partial charge in [0.2, 0.25) is 29.5 Å². The number of hydrogen-bond acceptors (Lipinski definition) is 8. The van der Waals surface area contributed by atoms with Gasteiger partial charge >= 0.3 is 5.97 Å². The molecule has 3 rings (SSSR count). The smallest absolute Gasteiger partial charge is 0.326 e. The molecule has 0 unspecified atom stereocenters. The monoisotopic (exact) mass is 624 g/mol. The number of nitrogens with zero attached hydrogens (tertiary/aromatic N) is 1. The molecule has 16 heteroatoms. The Labute approximate surface area is 258 Å². The number of phenolic OH excluding ortho intramolecular Hbond substituents is 1. The summed E-state index contributed by atoms with van der Waals surface area (Å²) in [5.74, 6) is -5.78. The van der Waals surface area contributed by atoms with Crippen LogP contribution in [-0.2, 0) is 35.2 Å². The van der Waals surface area contributed by atoms with Gasteiger partial charge in [-0.2, -0.15) is 0 Å².